The average Bonchev–Trinajstić information content (AvgIpc) is 2.56. The lowest BCUT2D eigenvalue weighted by molar-refractivity contribution is 0.152. The number of nitrogens with zero attached hydrogens (tertiary/aromatic N) is 1. The summed E-state index contributed by atoms with van der Waals surface area (Å²) in [5, 5.41) is 10.2. The van der Waals surface area contributed by atoms with E-state index in [0.29, 0.717) is 5.37 Å². The van der Waals surface area contributed by atoms with Crippen LogP contribution in [0.3, 0.4) is 0 Å². The number of thioether (sulfide) groups is 2. The van der Waals surface area contributed by atoms with E-state index < -0.39 is 5.06 Å². The molecule has 0 aliphatic carbocycles. The summed E-state index contributed by atoms with van der Waals surface area (Å²) in [6, 6.07) is 8.43. The summed E-state index contributed by atoms with van der Waals surface area (Å²) in [5.41, 5.74) is 2.57. The Morgan fingerprint density at radius 3 is 3.06 bits per heavy atom. The third kappa shape index (κ3) is 1.63. The van der Waals surface area contributed by atoms with Crippen LogP contribution >= 0.6 is 23.5 Å². The maximum absolute atomic E-state index is 10.5. The van der Waals surface area contributed by atoms with E-state index in [9.17, 15) is 5.11 Å². The van der Waals surface area contributed by atoms with Gasteiger partial charge in [0.1, 0.15) is 0 Å². The number of hydrogen-bond donors (Lipinski definition) is 1. The molecule has 16 heavy (non-hydrogen) atoms. The monoisotopic (exact) mass is 253 g/mol. The van der Waals surface area contributed by atoms with Gasteiger partial charge in [0.15, 0.2) is 5.06 Å². The van der Waals surface area contributed by atoms with Crippen LogP contribution in [0, 0.1) is 0 Å². The Hall–Kier alpha value is -0.320. The SMILES string of the molecule is CC1(O)SCCSC2Cc3ccccc3N21. The van der Waals surface area contributed by atoms with Crippen molar-refractivity contribution in [3.63, 3.8) is 0 Å². The molecule has 1 aromatic carbocycles. The van der Waals surface area contributed by atoms with Gasteiger partial charge < -0.3 is 10.0 Å². The number of rotatable bonds is 0. The van der Waals surface area contributed by atoms with Crippen molar-refractivity contribution >= 4 is 29.2 Å². The molecular formula is C12H15NOS2. The van der Waals surface area contributed by atoms with Crippen LogP contribution in [-0.4, -0.2) is 27.0 Å². The minimum absolute atomic E-state index is 0.405. The number of aliphatic hydroxyl groups is 1. The number of para-hydroxylation sites is 1. The lowest BCUT2D eigenvalue weighted by Crippen LogP contribution is -2.46. The van der Waals surface area contributed by atoms with Crippen LogP contribution < -0.4 is 4.90 Å². The van der Waals surface area contributed by atoms with Crippen molar-refractivity contribution in [2.75, 3.05) is 16.4 Å². The molecule has 0 radical (unpaired) electrons. The molecule has 0 bridgehead atoms. The van der Waals surface area contributed by atoms with Gasteiger partial charge in [-0.1, -0.05) is 18.2 Å². The number of anilines is 1. The fourth-order valence-electron chi connectivity index (χ4n) is 2.47. The molecular weight excluding hydrogens is 238 g/mol. The number of benzene rings is 1. The molecule has 2 aliphatic rings. The molecule has 3 rings (SSSR count). The molecule has 1 fully saturated rings. The van der Waals surface area contributed by atoms with Crippen molar-refractivity contribution in [3.8, 4) is 0 Å². The van der Waals surface area contributed by atoms with Gasteiger partial charge in [-0.15, -0.1) is 23.5 Å². The van der Waals surface area contributed by atoms with E-state index in [1.54, 1.807) is 11.8 Å². The number of hydrogen-bond acceptors (Lipinski definition) is 4. The standard InChI is InChI=1S/C12H15NOS2/c1-12(14)13-10-5-3-2-4-9(10)8-11(13)15-6-7-16-12/h2-5,11,14H,6-8H2,1H3. The summed E-state index contributed by atoms with van der Waals surface area (Å²) in [7, 11) is 0. The van der Waals surface area contributed by atoms with E-state index in [2.05, 4.69) is 29.2 Å². The summed E-state index contributed by atoms with van der Waals surface area (Å²) in [4.78, 5) is 2.19. The fourth-order valence-corrected chi connectivity index (χ4v) is 5.04. The first-order chi connectivity index (χ1) is 7.68. The molecule has 0 aromatic heterocycles. The maximum Gasteiger partial charge on any atom is 0.185 e. The normalized spacial score (nSPS) is 33.1. The minimum atomic E-state index is -0.763. The Morgan fingerprint density at radius 2 is 2.19 bits per heavy atom. The Labute approximate surface area is 104 Å². The lowest BCUT2D eigenvalue weighted by Gasteiger charge is -2.37. The second-order valence-electron chi connectivity index (χ2n) is 4.31. The summed E-state index contributed by atoms with van der Waals surface area (Å²) in [5.74, 6) is 2.14. The van der Waals surface area contributed by atoms with Gasteiger partial charge in [0, 0.05) is 23.6 Å². The fraction of sp³-hybridized carbons (Fsp3) is 0.500. The van der Waals surface area contributed by atoms with E-state index >= 15 is 0 Å². The molecule has 0 spiro atoms. The quantitative estimate of drug-likeness (QED) is 0.767. The van der Waals surface area contributed by atoms with E-state index in [1.165, 1.54) is 11.3 Å². The molecule has 2 aliphatic heterocycles. The minimum Gasteiger partial charge on any atom is -0.362 e. The van der Waals surface area contributed by atoms with Crippen LogP contribution in [0.15, 0.2) is 24.3 Å². The van der Waals surface area contributed by atoms with Gasteiger partial charge in [-0.2, -0.15) is 0 Å². The zero-order valence-electron chi connectivity index (χ0n) is 9.22. The van der Waals surface area contributed by atoms with Crippen molar-refractivity contribution in [2.45, 2.75) is 23.8 Å². The molecule has 2 nitrogen and oxygen atoms in total. The van der Waals surface area contributed by atoms with Crippen LogP contribution in [0.25, 0.3) is 0 Å². The molecule has 0 amide bonds. The Morgan fingerprint density at radius 1 is 1.38 bits per heavy atom. The first-order valence-electron chi connectivity index (χ1n) is 5.54. The van der Waals surface area contributed by atoms with Gasteiger partial charge >= 0.3 is 0 Å². The predicted molar refractivity (Wildman–Crippen MR) is 72.0 cm³/mol. The average molecular weight is 253 g/mol. The highest BCUT2D eigenvalue weighted by molar-refractivity contribution is 8.04. The highest BCUT2D eigenvalue weighted by atomic mass is 32.2. The van der Waals surface area contributed by atoms with Gasteiger partial charge in [0.25, 0.3) is 0 Å². The number of fused-ring (bicyclic) bond motifs is 3. The molecule has 1 aromatic rings. The van der Waals surface area contributed by atoms with Gasteiger partial charge in [-0.25, -0.2) is 0 Å². The largest absolute Gasteiger partial charge is 0.362 e. The molecule has 4 heteroatoms. The van der Waals surface area contributed by atoms with Gasteiger partial charge in [-0.3, -0.25) is 0 Å². The topological polar surface area (TPSA) is 23.5 Å². The van der Waals surface area contributed by atoms with Gasteiger partial charge in [0.05, 0.1) is 5.37 Å². The van der Waals surface area contributed by atoms with Crippen molar-refractivity contribution in [1.29, 1.82) is 0 Å². The van der Waals surface area contributed by atoms with Crippen molar-refractivity contribution in [2.24, 2.45) is 0 Å². The molecule has 1 N–H and O–H groups in total. The molecule has 0 saturated carbocycles. The second kappa shape index (κ2) is 3.86. The smallest absolute Gasteiger partial charge is 0.185 e. The predicted octanol–water partition coefficient (Wildman–Crippen LogP) is 2.52. The van der Waals surface area contributed by atoms with Crippen LogP contribution in [0.2, 0.25) is 0 Å². The Kier molecular flexibility index (Phi) is 2.61. The summed E-state index contributed by atoms with van der Waals surface area (Å²) in [6.45, 7) is 1.92. The van der Waals surface area contributed by atoms with Crippen molar-refractivity contribution in [3.05, 3.63) is 29.8 Å². The third-order valence-corrected chi connectivity index (χ3v) is 5.76. The molecule has 1 saturated heterocycles. The zero-order valence-corrected chi connectivity index (χ0v) is 10.9. The van der Waals surface area contributed by atoms with Crippen LogP contribution in [0.5, 0.6) is 0 Å². The molecule has 2 atom stereocenters. The van der Waals surface area contributed by atoms with E-state index in [0.717, 1.165) is 17.9 Å². The summed E-state index contributed by atoms with van der Waals surface area (Å²) < 4.78 is 0. The van der Waals surface area contributed by atoms with Crippen LogP contribution in [0.4, 0.5) is 5.69 Å². The molecule has 2 unspecified atom stereocenters. The maximum atomic E-state index is 10.5. The summed E-state index contributed by atoms with van der Waals surface area (Å²) >= 11 is 3.60. The third-order valence-electron chi connectivity index (χ3n) is 3.15. The van der Waals surface area contributed by atoms with E-state index in [1.807, 2.05) is 18.7 Å². The molecule has 2 heterocycles. The Bertz CT molecular complexity index is 408. The van der Waals surface area contributed by atoms with Crippen LogP contribution in [0.1, 0.15) is 12.5 Å². The van der Waals surface area contributed by atoms with E-state index in [-0.39, 0.29) is 0 Å². The Balaban J connectivity index is 2.06. The first kappa shape index (κ1) is 10.8. The first-order valence-corrected chi connectivity index (χ1v) is 7.57. The molecule has 86 valence electrons. The lowest BCUT2D eigenvalue weighted by atomic mass is 10.2. The zero-order chi connectivity index (χ0) is 11.2. The van der Waals surface area contributed by atoms with E-state index in [4.69, 9.17) is 0 Å². The highest BCUT2D eigenvalue weighted by Gasteiger charge is 2.42. The van der Waals surface area contributed by atoms with Gasteiger partial charge in [0.2, 0.25) is 0 Å². The highest BCUT2D eigenvalue weighted by Crippen LogP contribution is 2.46. The van der Waals surface area contributed by atoms with Crippen molar-refractivity contribution < 1.29 is 5.11 Å². The summed E-state index contributed by atoms with van der Waals surface area (Å²) in [6.07, 6.45) is 1.05. The van der Waals surface area contributed by atoms with Gasteiger partial charge in [-0.05, 0) is 18.6 Å². The van der Waals surface area contributed by atoms with Crippen LogP contribution in [-0.2, 0) is 6.42 Å². The van der Waals surface area contributed by atoms with Crippen molar-refractivity contribution in [1.82, 2.24) is 0 Å². The second-order valence-corrected chi connectivity index (χ2v) is 7.07.